The second-order valence-corrected chi connectivity index (χ2v) is 10.7. The second kappa shape index (κ2) is 9.39. The normalized spacial score (nSPS) is 20.4. The van der Waals surface area contributed by atoms with E-state index in [0.29, 0.717) is 14.9 Å². The molecule has 0 bridgehead atoms. The van der Waals surface area contributed by atoms with Gasteiger partial charge in [-0.2, -0.15) is 0 Å². The van der Waals surface area contributed by atoms with Crippen LogP contribution in [0.3, 0.4) is 0 Å². The molecule has 3 aromatic carbocycles. The Morgan fingerprint density at radius 1 is 1.11 bits per heavy atom. The molecule has 188 valence electrons. The Bertz CT molecular complexity index is 1690. The summed E-state index contributed by atoms with van der Waals surface area (Å²) in [5.41, 5.74) is 4.15. The number of benzene rings is 3. The molecule has 37 heavy (non-hydrogen) atoms. The van der Waals surface area contributed by atoms with Gasteiger partial charge in [-0.25, -0.2) is 0 Å². The lowest BCUT2D eigenvalue weighted by atomic mass is 9.74. The molecule has 2 heterocycles. The van der Waals surface area contributed by atoms with Gasteiger partial charge in [0.2, 0.25) is 0 Å². The summed E-state index contributed by atoms with van der Waals surface area (Å²) >= 11 is 7.58. The summed E-state index contributed by atoms with van der Waals surface area (Å²) in [4.78, 5) is 19.8. The Balaban J connectivity index is 1.59. The molecule has 8 heteroatoms. The maximum Gasteiger partial charge on any atom is 0.270 e. The minimum Gasteiger partial charge on any atom is -0.503 e. The number of hydrogen-bond acceptors (Lipinski definition) is 6. The molecule has 3 atom stereocenters. The van der Waals surface area contributed by atoms with E-state index >= 15 is 0 Å². The Morgan fingerprint density at radius 3 is 2.76 bits per heavy atom. The van der Waals surface area contributed by atoms with E-state index in [1.54, 1.807) is 25.3 Å². The van der Waals surface area contributed by atoms with Crippen LogP contribution in [-0.4, -0.2) is 23.9 Å². The number of thiazole rings is 1. The molecule has 1 aliphatic carbocycles. The number of hydrogen-bond donors (Lipinski definition) is 1. The van der Waals surface area contributed by atoms with E-state index in [-0.39, 0.29) is 40.1 Å². The summed E-state index contributed by atoms with van der Waals surface area (Å²) in [6, 6.07) is 19.5. The summed E-state index contributed by atoms with van der Waals surface area (Å²) in [5.74, 6) is 1.02. The summed E-state index contributed by atoms with van der Waals surface area (Å²) in [7, 11) is 3.12. The molecule has 4 aromatic rings. The Hall–Kier alpha value is -3.55. The van der Waals surface area contributed by atoms with Crippen molar-refractivity contribution in [3.05, 3.63) is 108 Å². The van der Waals surface area contributed by atoms with Gasteiger partial charge in [-0.05, 0) is 65.4 Å². The van der Waals surface area contributed by atoms with Crippen molar-refractivity contribution < 1.29 is 14.6 Å². The van der Waals surface area contributed by atoms with Crippen LogP contribution in [0.4, 0.5) is 0 Å². The largest absolute Gasteiger partial charge is 0.503 e. The van der Waals surface area contributed by atoms with Crippen LogP contribution in [0.5, 0.6) is 17.2 Å². The lowest BCUT2D eigenvalue weighted by Gasteiger charge is -2.39. The van der Waals surface area contributed by atoms with Crippen LogP contribution in [0.1, 0.15) is 40.8 Å². The first-order valence-corrected chi connectivity index (χ1v) is 13.3. The lowest BCUT2D eigenvalue weighted by Crippen LogP contribution is -2.44. The number of ether oxygens (including phenoxy) is 2. The first kappa shape index (κ1) is 23.8. The van der Waals surface area contributed by atoms with Crippen molar-refractivity contribution in [1.29, 1.82) is 0 Å². The fourth-order valence-corrected chi connectivity index (χ4v) is 6.85. The highest BCUT2D eigenvalue weighted by atomic mass is 35.5. The Labute approximate surface area is 222 Å². The van der Waals surface area contributed by atoms with Gasteiger partial charge in [-0.3, -0.25) is 14.4 Å². The molecule has 0 amide bonds. The average molecular weight is 533 g/mol. The monoisotopic (exact) mass is 532 g/mol. The third-order valence-corrected chi connectivity index (χ3v) is 8.59. The molecule has 0 saturated carbocycles. The zero-order valence-corrected chi connectivity index (χ0v) is 21.9. The van der Waals surface area contributed by atoms with Crippen molar-refractivity contribution in [1.82, 2.24) is 4.57 Å². The number of aromatic nitrogens is 1. The average Bonchev–Trinajstić information content (AvgIpc) is 3.23. The van der Waals surface area contributed by atoms with Gasteiger partial charge in [0.1, 0.15) is 5.75 Å². The molecule has 3 unspecified atom stereocenters. The number of phenolic OH excluding ortho intramolecular Hbond substituents is 1. The van der Waals surface area contributed by atoms with Crippen molar-refractivity contribution in [3.8, 4) is 17.2 Å². The van der Waals surface area contributed by atoms with Gasteiger partial charge in [0, 0.05) is 5.92 Å². The first-order valence-electron chi connectivity index (χ1n) is 12.1. The van der Waals surface area contributed by atoms with E-state index in [4.69, 9.17) is 26.1 Å². The zero-order chi connectivity index (χ0) is 25.7. The number of methoxy groups -OCH3 is 2. The highest BCUT2D eigenvalue weighted by Gasteiger charge is 2.40. The van der Waals surface area contributed by atoms with Crippen LogP contribution < -0.4 is 24.4 Å². The maximum atomic E-state index is 13.9. The van der Waals surface area contributed by atoms with Gasteiger partial charge < -0.3 is 14.6 Å². The highest BCUT2D eigenvalue weighted by molar-refractivity contribution is 7.07. The van der Waals surface area contributed by atoms with E-state index < -0.39 is 0 Å². The third kappa shape index (κ3) is 4.03. The number of fused-ring (bicyclic) bond motifs is 4. The predicted molar refractivity (Wildman–Crippen MR) is 145 cm³/mol. The lowest BCUT2D eigenvalue weighted by molar-refractivity contribution is 0.252. The molecule has 1 N–H and O–H groups in total. The van der Waals surface area contributed by atoms with Gasteiger partial charge in [0.25, 0.3) is 5.56 Å². The highest BCUT2D eigenvalue weighted by Crippen LogP contribution is 2.46. The van der Waals surface area contributed by atoms with Crippen molar-refractivity contribution in [2.45, 2.75) is 24.9 Å². The van der Waals surface area contributed by atoms with E-state index in [9.17, 15) is 9.90 Å². The quantitative estimate of drug-likeness (QED) is 0.415. The zero-order valence-electron chi connectivity index (χ0n) is 20.3. The van der Waals surface area contributed by atoms with Gasteiger partial charge >= 0.3 is 0 Å². The molecule has 6 rings (SSSR count). The molecule has 6 nitrogen and oxygen atoms in total. The van der Waals surface area contributed by atoms with Crippen LogP contribution in [0.2, 0.25) is 5.02 Å². The minimum absolute atomic E-state index is 0.0322. The van der Waals surface area contributed by atoms with E-state index in [2.05, 4.69) is 30.3 Å². The third-order valence-electron chi connectivity index (χ3n) is 7.30. The van der Waals surface area contributed by atoms with Crippen LogP contribution in [0, 0.1) is 5.92 Å². The van der Waals surface area contributed by atoms with Gasteiger partial charge in [0.05, 0.1) is 35.9 Å². The number of phenols is 1. The fraction of sp³-hybridized carbons (Fsp3) is 0.241. The molecule has 0 radical (unpaired) electrons. The first-order chi connectivity index (χ1) is 18.0. The summed E-state index contributed by atoms with van der Waals surface area (Å²) in [5, 5.41) is 10.3. The Morgan fingerprint density at radius 2 is 1.95 bits per heavy atom. The van der Waals surface area contributed by atoms with Crippen molar-refractivity contribution in [2.75, 3.05) is 14.2 Å². The second-order valence-electron chi connectivity index (χ2n) is 9.32. The van der Waals surface area contributed by atoms with Crippen LogP contribution >= 0.6 is 22.9 Å². The topological polar surface area (TPSA) is 73.1 Å². The molecule has 0 spiro atoms. The van der Waals surface area contributed by atoms with Gasteiger partial charge in [-0.1, -0.05) is 59.3 Å². The molecule has 0 fully saturated rings. The van der Waals surface area contributed by atoms with Crippen molar-refractivity contribution >= 4 is 29.0 Å². The summed E-state index contributed by atoms with van der Waals surface area (Å²) in [6.45, 7) is 0. The molecule has 1 aromatic heterocycles. The van der Waals surface area contributed by atoms with Crippen molar-refractivity contribution in [3.63, 3.8) is 0 Å². The van der Waals surface area contributed by atoms with E-state index in [1.807, 2.05) is 22.8 Å². The molecular weight excluding hydrogens is 508 g/mol. The molecule has 2 aliphatic rings. The van der Waals surface area contributed by atoms with Gasteiger partial charge in [-0.15, -0.1) is 0 Å². The molecular formula is C29H25ClN2O4S. The van der Waals surface area contributed by atoms with Crippen LogP contribution in [-0.2, 0) is 6.42 Å². The maximum absolute atomic E-state index is 13.9. The standard InChI is InChI=1S/C29H25ClN2O4S/c1-35-19-8-5-7-18(15-19)26-21-11-10-17-6-3-4-9-20(17)25(21)31-29-32(26)28(34)24(37-29)14-16-12-22(30)27(33)23(13-16)36-2/h3-9,12-15,21,25-26,33H,10-11H2,1-2H3. The number of aryl methyl sites for hydroxylation is 1. The number of aromatic hydroxyl groups is 1. The summed E-state index contributed by atoms with van der Waals surface area (Å²) in [6.07, 6.45) is 3.66. The smallest absolute Gasteiger partial charge is 0.270 e. The van der Waals surface area contributed by atoms with Crippen LogP contribution in [0.15, 0.2) is 70.5 Å². The molecule has 1 aliphatic heterocycles. The Kier molecular flexibility index (Phi) is 6.05. The van der Waals surface area contributed by atoms with Gasteiger partial charge in [0.15, 0.2) is 16.3 Å². The van der Waals surface area contributed by atoms with E-state index in [0.717, 1.165) is 24.2 Å². The number of halogens is 1. The van der Waals surface area contributed by atoms with Crippen molar-refractivity contribution in [2.24, 2.45) is 10.9 Å². The summed E-state index contributed by atoms with van der Waals surface area (Å²) < 4.78 is 13.2. The number of nitrogens with zero attached hydrogens (tertiary/aromatic N) is 2. The molecule has 0 saturated heterocycles. The van der Waals surface area contributed by atoms with Crippen LogP contribution in [0.25, 0.3) is 6.08 Å². The SMILES string of the molecule is COc1cccc(C2C3CCc4ccccc4C3N=c3sc(=Cc4cc(Cl)c(O)c(OC)c4)c(=O)n32)c1. The van der Waals surface area contributed by atoms with E-state index in [1.165, 1.54) is 29.6 Å². The number of rotatable bonds is 4. The predicted octanol–water partition coefficient (Wildman–Crippen LogP) is 4.64. The fourth-order valence-electron chi connectivity index (χ4n) is 5.60. The minimum atomic E-state index is -0.176.